The van der Waals surface area contributed by atoms with Crippen LogP contribution in [0.2, 0.25) is 5.02 Å². The van der Waals surface area contributed by atoms with Crippen LogP contribution in [-0.4, -0.2) is 19.1 Å². The van der Waals surface area contributed by atoms with E-state index in [9.17, 15) is 0 Å². The van der Waals surface area contributed by atoms with Crippen molar-refractivity contribution >= 4 is 11.6 Å². The normalized spacial score (nSPS) is 12.8. The first-order valence-corrected chi connectivity index (χ1v) is 6.20. The lowest BCUT2D eigenvalue weighted by Gasteiger charge is -2.15. The van der Waals surface area contributed by atoms with Crippen LogP contribution < -0.4 is 10.6 Å². The molecule has 0 saturated heterocycles. The largest absolute Gasteiger partial charge is 0.315 e. The minimum absolute atomic E-state index is 0.482. The molecule has 3 heteroatoms. The molecular weight excluding hydrogens is 220 g/mol. The molecule has 2 N–H and O–H groups in total. The Morgan fingerprint density at radius 2 is 2.12 bits per heavy atom. The van der Waals surface area contributed by atoms with E-state index in [2.05, 4.69) is 37.5 Å². The van der Waals surface area contributed by atoms with Crippen LogP contribution in [0.5, 0.6) is 0 Å². The molecule has 1 aromatic rings. The molecule has 0 spiro atoms. The lowest BCUT2D eigenvalue weighted by molar-refractivity contribution is 0.508. The standard InChI is InChI=1S/C13H21ClN2/c1-4-15-8-11(3)16-9-12-5-6-13(14)7-10(12)2/h5-7,11,15-16H,4,8-9H2,1-3H3. The van der Waals surface area contributed by atoms with Gasteiger partial charge in [-0.05, 0) is 43.7 Å². The van der Waals surface area contributed by atoms with E-state index in [0.717, 1.165) is 24.7 Å². The highest BCUT2D eigenvalue weighted by atomic mass is 35.5. The average molecular weight is 241 g/mol. The summed E-state index contributed by atoms with van der Waals surface area (Å²) in [5.74, 6) is 0. The van der Waals surface area contributed by atoms with E-state index in [0.29, 0.717) is 6.04 Å². The van der Waals surface area contributed by atoms with Gasteiger partial charge in [0.15, 0.2) is 0 Å². The Bertz CT molecular complexity index is 326. The highest BCUT2D eigenvalue weighted by Gasteiger charge is 2.02. The van der Waals surface area contributed by atoms with E-state index in [1.165, 1.54) is 11.1 Å². The number of hydrogen-bond acceptors (Lipinski definition) is 2. The van der Waals surface area contributed by atoms with Gasteiger partial charge in [-0.2, -0.15) is 0 Å². The van der Waals surface area contributed by atoms with Crippen molar-refractivity contribution in [1.29, 1.82) is 0 Å². The van der Waals surface area contributed by atoms with Crippen LogP contribution in [0.4, 0.5) is 0 Å². The number of likely N-dealkylation sites (N-methyl/N-ethyl adjacent to an activating group) is 1. The molecule has 2 nitrogen and oxygen atoms in total. The molecule has 1 atom stereocenters. The fourth-order valence-corrected chi connectivity index (χ4v) is 1.80. The average Bonchev–Trinajstić information content (AvgIpc) is 2.25. The van der Waals surface area contributed by atoms with Gasteiger partial charge in [-0.1, -0.05) is 24.6 Å². The molecule has 0 saturated carbocycles. The summed E-state index contributed by atoms with van der Waals surface area (Å²) in [6.45, 7) is 9.33. The topological polar surface area (TPSA) is 24.1 Å². The number of nitrogens with one attached hydrogen (secondary N) is 2. The van der Waals surface area contributed by atoms with Gasteiger partial charge in [0.2, 0.25) is 0 Å². The molecule has 0 amide bonds. The number of rotatable bonds is 6. The summed E-state index contributed by atoms with van der Waals surface area (Å²) in [4.78, 5) is 0. The summed E-state index contributed by atoms with van der Waals surface area (Å²) in [5, 5.41) is 7.62. The van der Waals surface area contributed by atoms with Crippen LogP contribution in [0.15, 0.2) is 18.2 Å². The third-order valence-corrected chi connectivity index (χ3v) is 2.88. The summed E-state index contributed by atoms with van der Waals surface area (Å²) < 4.78 is 0. The van der Waals surface area contributed by atoms with Gasteiger partial charge in [-0.25, -0.2) is 0 Å². The lowest BCUT2D eigenvalue weighted by Crippen LogP contribution is -2.35. The third-order valence-electron chi connectivity index (χ3n) is 2.65. The van der Waals surface area contributed by atoms with Gasteiger partial charge < -0.3 is 10.6 Å². The molecule has 0 heterocycles. The second-order valence-electron chi connectivity index (χ2n) is 4.16. The SMILES string of the molecule is CCNCC(C)NCc1ccc(Cl)cc1C. The number of halogens is 1. The van der Waals surface area contributed by atoms with Crippen molar-refractivity contribution in [2.45, 2.75) is 33.4 Å². The lowest BCUT2D eigenvalue weighted by atomic mass is 10.1. The quantitative estimate of drug-likeness (QED) is 0.799. The van der Waals surface area contributed by atoms with Gasteiger partial charge in [0.25, 0.3) is 0 Å². The van der Waals surface area contributed by atoms with E-state index in [1.54, 1.807) is 0 Å². The summed E-state index contributed by atoms with van der Waals surface area (Å²) in [5.41, 5.74) is 2.56. The molecule has 90 valence electrons. The van der Waals surface area contributed by atoms with Crippen LogP contribution in [0.3, 0.4) is 0 Å². The van der Waals surface area contributed by atoms with Gasteiger partial charge in [0.05, 0.1) is 0 Å². The second-order valence-corrected chi connectivity index (χ2v) is 4.60. The van der Waals surface area contributed by atoms with Gasteiger partial charge in [0, 0.05) is 24.2 Å². The molecule has 16 heavy (non-hydrogen) atoms. The maximum Gasteiger partial charge on any atom is 0.0408 e. The van der Waals surface area contributed by atoms with Crippen LogP contribution in [0.1, 0.15) is 25.0 Å². The first-order valence-electron chi connectivity index (χ1n) is 5.82. The smallest absolute Gasteiger partial charge is 0.0408 e. The Morgan fingerprint density at radius 3 is 2.75 bits per heavy atom. The maximum absolute atomic E-state index is 5.92. The first-order chi connectivity index (χ1) is 7.63. The Labute approximate surface area is 103 Å². The summed E-state index contributed by atoms with van der Waals surface area (Å²) >= 11 is 5.92. The van der Waals surface area contributed by atoms with Crippen molar-refractivity contribution in [3.63, 3.8) is 0 Å². The molecule has 1 unspecified atom stereocenters. The zero-order valence-electron chi connectivity index (χ0n) is 10.3. The zero-order chi connectivity index (χ0) is 12.0. The van der Waals surface area contributed by atoms with Gasteiger partial charge in [-0.3, -0.25) is 0 Å². The molecular formula is C13H21ClN2. The van der Waals surface area contributed by atoms with E-state index in [-0.39, 0.29) is 0 Å². The molecule has 0 aliphatic rings. The zero-order valence-corrected chi connectivity index (χ0v) is 11.1. The summed E-state index contributed by atoms with van der Waals surface area (Å²) in [6.07, 6.45) is 0. The molecule has 0 aromatic heterocycles. The van der Waals surface area contributed by atoms with Crippen molar-refractivity contribution < 1.29 is 0 Å². The van der Waals surface area contributed by atoms with E-state index in [4.69, 9.17) is 11.6 Å². The number of benzene rings is 1. The van der Waals surface area contributed by atoms with Crippen molar-refractivity contribution in [3.05, 3.63) is 34.3 Å². The third kappa shape index (κ3) is 4.52. The van der Waals surface area contributed by atoms with Crippen LogP contribution in [0.25, 0.3) is 0 Å². The highest BCUT2D eigenvalue weighted by molar-refractivity contribution is 6.30. The monoisotopic (exact) mass is 240 g/mol. The van der Waals surface area contributed by atoms with Gasteiger partial charge in [-0.15, -0.1) is 0 Å². The van der Waals surface area contributed by atoms with E-state index in [1.807, 2.05) is 12.1 Å². The molecule has 1 aromatic carbocycles. The summed E-state index contributed by atoms with van der Waals surface area (Å²) in [6, 6.07) is 6.52. The maximum atomic E-state index is 5.92. The first kappa shape index (κ1) is 13.5. The Balaban J connectivity index is 2.42. The molecule has 0 fully saturated rings. The van der Waals surface area contributed by atoms with Crippen LogP contribution >= 0.6 is 11.6 Å². The van der Waals surface area contributed by atoms with Gasteiger partial charge >= 0.3 is 0 Å². The minimum atomic E-state index is 0.482. The Morgan fingerprint density at radius 1 is 1.38 bits per heavy atom. The fraction of sp³-hybridized carbons (Fsp3) is 0.538. The Hall–Kier alpha value is -0.570. The predicted molar refractivity (Wildman–Crippen MR) is 71.0 cm³/mol. The van der Waals surface area contributed by atoms with Crippen molar-refractivity contribution in [2.24, 2.45) is 0 Å². The van der Waals surface area contributed by atoms with Crippen LogP contribution in [0, 0.1) is 6.92 Å². The number of hydrogen-bond donors (Lipinski definition) is 2. The van der Waals surface area contributed by atoms with Gasteiger partial charge in [0.1, 0.15) is 0 Å². The van der Waals surface area contributed by atoms with E-state index < -0.39 is 0 Å². The van der Waals surface area contributed by atoms with Crippen LogP contribution in [-0.2, 0) is 6.54 Å². The Kier molecular flexibility index (Phi) is 5.81. The summed E-state index contributed by atoms with van der Waals surface area (Å²) in [7, 11) is 0. The minimum Gasteiger partial charge on any atom is -0.315 e. The molecule has 0 aliphatic carbocycles. The highest BCUT2D eigenvalue weighted by Crippen LogP contribution is 2.14. The molecule has 1 rings (SSSR count). The van der Waals surface area contributed by atoms with Crippen molar-refractivity contribution in [1.82, 2.24) is 10.6 Å². The van der Waals surface area contributed by atoms with Crippen molar-refractivity contribution in [2.75, 3.05) is 13.1 Å². The fourth-order valence-electron chi connectivity index (χ4n) is 1.57. The molecule has 0 bridgehead atoms. The van der Waals surface area contributed by atoms with Crippen molar-refractivity contribution in [3.8, 4) is 0 Å². The molecule has 0 aliphatic heterocycles. The second kappa shape index (κ2) is 6.89. The predicted octanol–water partition coefficient (Wildman–Crippen LogP) is 2.74. The number of aryl methyl sites for hydroxylation is 1. The van der Waals surface area contributed by atoms with E-state index >= 15 is 0 Å². The molecule has 0 radical (unpaired) electrons.